The highest BCUT2D eigenvalue weighted by atomic mass is 16.7. The Hall–Kier alpha value is -3.30. The van der Waals surface area contributed by atoms with Gasteiger partial charge in [-0.25, -0.2) is 0 Å². The van der Waals surface area contributed by atoms with Crippen molar-refractivity contribution in [1.29, 1.82) is 0 Å². The van der Waals surface area contributed by atoms with E-state index in [1.165, 1.54) is 0 Å². The first-order chi connectivity index (χ1) is 20.3. The smallest absolute Gasteiger partial charge is 0.308 e. The third-order valence-electron chi connectivity index (χ3n) is 8.50. The van der Waals surface area contributed by atoms with Crippen LogP contribution in [0.1, 0.15) is 56.1 Å². The van der Waals surface area contributed by atoms with Crippen molar-refractivity contribution in [2.24, 2.45) is 5.92 Å². The average molecular weight is 582 g/mol. The van der Waals surface area contributed by atoms with Crippen molar-refractivity contribution in [1.82, 2.24) is 14.7 Å². The molecular weight excluding hydrogens is 534 g/mol. The molecule has 3 atom stereocenters. The van der Waals surface area contributed by atoms with Crippen LogP contribution in [0, 0.1) is 5.92 Å². The molecule has 230 valence electrons. The number of unbranched alkanes of at least 4 members (excludes halogenated alkanes) is 1. The van der Waals surface area contributed by atoms with E-state index in [1.54, 1.807) is 7.11 Å². The van der Waals surface area contributed by atoms with E-state index in [1.807, 2.05) is 55.4 Å². The Balaban J connectivity index is 1.56. The molecule has 2 aromatic rings. The Bertz CT molecular complexity index is 1190. The lowest BCUT2D eigenvalue weighted by Gasteiger charge is -2.30. The van der Waals surface area contributed by atoms with E-state index in [2.05, 4.69) is 22.8 Å². The number of methoxy groups -OCH3 is 1. The molecule has 1 amide bonds. The summed E-state index contributed by atoms with van der Waals surface area (Å²) in [5.41, 5.74) is 2.01. The van der Waals surface area contributed by atoms with Crippen molar-refractivity contribution in [3.05, 3.63) is 53.6 Å². The number of para-hydroxylation sites is 1. The third kappa shape index (κ3) is 7.95. The molecular formula is C33H47N3O6. The van der Waals surface area contributed by atoms with Crippen molar-refractivity contribution in [2.75, 3.05) is 60.7 Å². The molecule has 2 heterocycles. The number of carboxylic acids is 1. The van der Waals surface area contributed by atoms with Crippen LogP contribution in [0.5, 0.6) is 17.2 Å². The number of carboxylic acid groups (broad SMARTS) is 1. The van der Waals surface area contributed by atoms with Crippen LogP contribution in [0.25, 0.3) is 0 Å². The molecule has 0 unspecified atom stereocenters. The molecule has 42 heavy (non-hydrogen) atoms. The number of amides is 1. The molecule has 9 nitrogen and oxygen atoms in total. The van der Waals surface area contributed by atoms with Crippen LogP contribution in [0.2, 0.25) is 0 Å². The van der Waals surface area contributed by atoms with Crippen LogP contribution in [0.4, 0.5) is 0 Å². The fraction of sp³-hybridized carbons (Fsp3) is 0.576. The predicted molar refractivity (Wildman–Crippen MR) is 162 cm³/mol. The number of hydrogen-bond acceptors (Lipinski definition) is 7. The zero-order chi connectivity index (χ0) is 30.1. The molecule has 0 saturated carbocycles. The summed E-state index contributed by atoms with van der Waals surface area (Å²) in [5, 5.41) is 10.6. The highest BCUT2D eigenvalue weighted by Gasteiger charge is 2.47. The number of ether oxygens (including phenoxy) is 3. The van der Waals surface area contributed by atoms with E-state index < -0.39 is 11.9 Å². The van der Waals surface area contributed by atoms with Crippen LogP contribution in [-0.4, -0.2) is 98.4 Å². The monoisotopic (exact) mass is 581 g/mol. The second-order valence-electron chi connectivity index (χ2n) is 11.7. The van der Waals surface area contributed by atoms with Crippen LogP contribution in [0.3, 0.4) is 0 Å². The molecule has 1 N–H and O–H groups in total. The quantitative estimate of drug-likeness (QED) is 0.310. The lowest BCUT2D eigenvalue weighted by molar-refractivity contribution is -0.143. The van der Waals surface area contributed by atoms with Crippen molar-refractivity contribution in [3.8, 4) is 17.2 Å². The summed E-state index contributed by atoms with van der Waals surface area (Å²) in [5.74, 6) is 0.496. The Morgan fingerprint density at radius 1 is 1.02 bits per heavy atom. The summed E-state index contributed by atoms with van der Waals surface area (Å²) >= 11 is 0. The van der Waals surface area contributed by atoms with Gasteiger partial charge in [0.05, 0.1) is 19.6 Å². The van der Waals surface area contributed by atoms with Gasteiger partial charge in [0.15, 0.2) is 11.5 Å². The SMILES string of the molecule is CCCCN(CCCN(C)C)C(=O)CN1C[C@H](c2ccc3c(c2)OCO3)[C@@H](C(=O)O)[C@@H]1CCCc1ccccc1OC. The minimum absolute atomic E-state index is 0.0763. The third-order valence-corrected chi connectivity index (χ3v) is 8.50. The zero-order valence-corrected chi connectivity index (χ0v) is 25.6. The van der Waals surface area contributed by atoms with Gasteiger partial charge in [0.2, 0.25) is 12.7 Å². The molecule has 0 aromatic heterocycles. The number of fused-ring (bicyclic) bond motifs is 1. The van der Waals surface area contributed by atoms with Gasteiger partial charge < -0.3 is 29.1 Å². The zero-order valence-electron chi connectivity index (χ0n) is 25.6. The van der Waals surface area contributed by atoms with Gasteiger partial charge in [-0.15, -0.1) is 0 Å². The number of hydrogen-bond donors (Lipinski definition) is 1. The predicted octanol–water partition coefficient (Wildman–Crippen LogP) is 4.50. The first kappa shape index (κ1) is 31.6. The van der Waals surface area contributed by atoms with Gasteiger partial charge in [0, 0.05) is 31.6 Å². The number of likely N-dealkylation sites (tertiary alicyclic amines) is 1. The number of benzene rings is 2. The Morgan fingerprint density at radius 2 is 1.79 bits per heavy atom. The van der Waals surface area contributed by atoms with Crippen LogP contribution >= 0.6 is 0 Å². The normalized spacial score (nSPS) is 19.8. The number of carbonyl (C=O) groups is 2. The van der Waals surface area contributed by atoms with Crippen molar-refractivity contribution >= 4 is 11.9 Å². The summed E-state index contributed by atoms with van der Waals surface area (Å²) in [4.78, 5) is 32.9. The minimum Gasteiger partial charge on any atom is -0.496 e. The number of carbonyl (C=O) groups excluding carboxylic acids is 1. The molecule has 2 aromatic carbocycles. The first-order valence-electron chi connectivity index (χ1n) is 15.2. The summed E-state index contributed by atoms with van der Waals surface area (Å²) in [7, 11) is 5.75. The lowest BCUT2D eigenvalue weighted by Crippen LogP contribution is -2.45. The van der Waals surface area contributed by atoms with Crippen molar-refractivity contribution < 1.29 is 28.9 Å². The number of rotatable bonds is 16. The maximum Gasteiger partial charge on any atom is 0.308 e. The van der Waals surface area contributed by atoms with Gasteiger partial charge in [0.25, 0.3) is 0 Å². The van der Waals surface area contributed by atoms with Crippen LogP contribution < -0.4 is 14.2 Å². The van der Waals surface area contributed by atoms with E-state index >= 15 is 0 Å². The van der Waals surface area contributed by atoms with Crippen LogP contribution in [-0.2, 0) is 16.0 Å². The van der Waals surface area contributed by atoms with Gasteiger partial charge in [0.1, 0.15) is 5.75 Å². The molecule has 0 radical (unpaired) electrons. The fourth-order valence-corrected chi connectivity index (χ4v) is 6.31. The van der Waals surface area contributed by atoms with E-state index in [4.69, 9.17) is 14.2 Å². The van der Waals surface area contributed by atoms with Crippen molar-refractivity contribution in [2.45, 2.75) is 57.4 Å². The highest BCUT2D eigenvalue weighted by molar-refractivity contribution is 5.79. The average Bonchev–Trinajstić information content (AvgIpc) is 3.59. The maximum absolute atomic E-state index is 13.7. The molecule has 1 fully saturated rings. The minimum atomic E-state index is -0.830. The largest absolute Gasteiger partial charge is 0.496 e. The molecule has 2 aliphatic rings. The maximum atomic E-state index is 13.7. The lowest BCUT2D eigenvalue weighted by atomic mass is 9.83. The first-order valence-corrected chi connectivity index (χ1v) is 15.2. The van der Waals surface area contributed by atoms with Crippen molar-refractivity contribution in [3.63, 3.8) is 0 Å². The number of aliphatic carboxylic acids is 1. The molecule has 0 aliphatic carbocycles. The topological polar surface area (TPSA) is 91.8 Å². The highest BCUT2D eigenvalue weighted by Crippen LogP contribution is 2.43. The number of nitrogens with zero attached hydrogens (tertiary/aromatic N) is 3. The van der Waals surface area contributed by atoms with Gasteiger partial charge in [-0.2, -0.15) is 0 Å². The second kappa shape index (κ2) is 15.3. The Labute approximate surface area is 250 Å². The fourth-order valence-electron chi connectivity index (χ4n) is 6.31. The summed E-state index contributed by atoms with van der Waals surface area (Å²) < 4.78 is 16.6. The van der Waals surface area contributed by atoms with E-state index in [0.29, 0.717) is 31.0 Å². The van der Waals surface area contributed by atoms with E-state index in [-0.39, 0.29) is 31.2 Å². The Kier molecular flexibility index (Phi) is 11.5. The van der Waals surface area contributed by atoms with E-state index in [0.717, 1.165) is 62.1 Å². The molecule has 4 rings (SSSR count). The van der Waals surface area contributed by atoms with E-state index in [9.17, 15) is 14.7 Å². The molecule has 0 bridgehead atoms. The number of aryl methyl sites for hydroxylation is 1. The van der Waals surface area contributed by atoms with Gasteiger partial charge in [-0.05, 0) is 82.1 Å². The van der Waals surface area contributed by atoms with Gasteiger partial charge in [-0.1, -0.05) is 37.6 Å². The summed E-state index contributed by atoms with van der Waals surface area (Å²) in [6, 6.07) is 13.4. The molecule has 2 aliphatic heterocycles. The standard InChI is InChI=1S/C33H47N3O6/c1-5-6-18-35(19-10-17-34(2)3)31(37)22-36-21-26(25-15-16-29-30(20-25)42-23-41-29)32(33(38)39)27(36)13-9-12-24-11-7-8-14-28(24)40-4/h7-8,11,14-16,20,26-27,32H,5-6,9-10,12-13,17-19,21-23H2,1-4H3,(H,38,39)/t26-,27+,32-/m1/s1. The molecule has 9 heteroatoms. The second-order valence-corrected chi connectivity index (χ2v) is 11.7. The van der Waals surface area contributed by atoms with Gasteiger partial charge >= 0.3 is 5.97 Å². The Morgan fingerprint density at radius 3 is 2.52 bits per heavy atom. The van der Waals surface area contributed by atoms with Gasteiger partial charge in [-0.3, -0.25) is 14.5 Å². The molecule has 1 saturated heterocycles. The molecule has 0 spiro atoms. The van der Waals surface area contributed by atoms with Crippen LogP contribution in [0.15, 0.2) is 42.5 Å². The summed E-state index contributed by atoms with van der Waals surface area (Å²) in [6.07, 6.45) is 5.10. The summed E-state index contributed by atoms with van der Waals surface area (Å²) in [6.45, 7) is 5.36.